The molecule has 0 saturated carbocycles. The van der Waals surface area contributed by atoms with Crippen LogP contribution >= 0.6 is 15.9 Å². The molecule has 1 unspecified atom stereocenters. The molecule has 2 aromatic rings. The number of benzene rings is 1. The fourth-order valence-corrected chi connectivity index (χ4v) is 3.01. The minimum atomic E-state index is 0.626. The first kappa shape index (κ1) is 11.2. The van der Waals surface area contributed by atoms with E-state index >= 15 is 0 Å². The zero-order valence-electron chi connectivity index (χ0n) is 9.62. The number of hydrogen-bond acceptors (Lipinski definition) is 2. The minimum absolute atomic E-state index is 0.626. The summed E-state index contributed by atoms with van der Waals surface area (Å²) >= 11 is 3.59. The van der Waals surface area contributed by atoms with Gasteiger partial charge >= 0.3 is 0 Å². The zero-order chi connectivity index (χ0) is 11.7. The van der Waals surface area contributed by atoms with Crippen LogP contribution in [-0.4, -0.2) is 17.6 Å². The summed E-state index contributed by atoms with van der Waals surface area (Å²) in [5, 5.41) is 4.76. The van der Waals surface area contributed by atoms with Gasteiger partial charge < -0.3 is 5.32 Å². The first-order valence-electron chi connectivity index (χ1n) is 6.10. The van der Waals surface area contributed by atoms with Crippen LogP contribution in [0, 0.1) is 0 Å². The van der Waals surface area contributed by atoms with Crippen LogP contribution in [0.2, 0.25) is 0 Å². The van der Waals surface area contributed by atoms with Crippen molar-refractivity contribution in [3.63, 3.8) is 0 Å². The Labute approximate surface area is 110 Å². The number of halogens is 1. The maximum absolute atomic E-state index is 4.53. The minimum Gasteiger partial charge on any atom is -0.314 e. The summed E-state index contributed by atoms with van der Waals surface area (Å²) in [4.78, 5) is 4.53. The van der Waals surface area contributed by atoms with Crippen LogP contribution in [0.1, 0.15) is 18.4 Å². The van der Waals surface area contributed by atoms with Crippen molar-refractivity contribution in [2.75, 3.05) is 6.54 Å². The van der Waals surface area contributed by atoms with E-state index in [2.05, 4.69) is 44.4 Å². The highest BCUT2D eigenvalue weighted by atomic mass is 79.9. The Kier molecular flexibility index (Phi) is 3.12. The molecule has 1 aliphatic heterocycles. The Morgan fingerprint density at radius 2 is 2.29 bits per heavy atom. The molecule has 0 radical (unpaired) electrons. The van der Waals surface area contributed by atoms with Gasteiger partial charge in [0.2, 0.25) is 0 Å². The van der Waals surface area contributed by atoms with E-state index < -0.39 is 0 Å². The van der Waals surface area contributed by atoms with E-state index in [1.165, 1.54) is 23.8 Å². The molecule has 1 saturated heterocycles. The van der Waals surface area contributed by atoms with E-state index in [4.69, 9.17) is 0 Å². The number of rotatable bonds is 2. The first-order valence-corrected chi connectivity index (χ1v) is 6.89. The van der Waals surface area contributed by atoms with E-state index in [0.29, 0.717) is 6.04 Å². The van der Waals surface area contributed by atoms with Crippen LogP contribution in [0.15, 0.2) is 34.9 Å². The second-order valence-electron chi connectivity index (χ2n) is 4.60. The van der Waals surface area contributed by atoms with Gasteiger partial charge in [-0.25, -0.2) is 0 Å². The van der Waals surface area contributed by atoms with Crippen LogP contribution < -0.4 is 5.32 Å². The number of hydrogen-bond donors (Lipinski definition) is 1. The number of aromatic nitrogens is 1. The molecule has 1 fully saturated rings. The van der Waals surface area contributed by atoms with Crippen molar-refractivity contribution in [2.45, 2.75) is 25.3 Å². The molecule has 17 heavy (non-hydrogen) atoms. The molecule has 1 aliphatic rings. The summed E-state index contributed by atoms with van der Waals surface area (Å²) in [7, 11) is 0. The molecule has 88 valence electrons. The quantitative estimate of drug-likeness (QED) is 0.918. The van der Waals surface area contributed by atoms with E-state index in [0.717, 1.165) is 23.0 Å². The third-order valence-corrected chi connectivity index (χ3v) is 4.12. The Morgan fingerprint density at radius 3 is 3.12 bits per heavy atom. The monoisotopic (exact) mass is 290 g/mol. The summed E-state index contributed by atoms with van der Waals surface area (Å²) in [6.07, 6.45) is 5.54. The molecule has 2 nitrogen and oxygen atoms in total. The van der Waals surface area contributed by atoms with Gasteiger partial charge in [-0.1, -0.05) is 28.1 Å². The molecule has 0 spiro atoms. The van der Waals surface area contributed by atoms with Crippen molar-refractivity contribution in [3.8, 4) is 0 Å². The number of nitrogens with one attached hydrogen (secondary N) is 1. The lowest BCUT2D eigenvalue weighted by atomic mass is 10.0. The van der Waals surface area contributed by atoms with Crippen LogP contribution in [0.3, 0.4) is 0 Å². The number of pyridine rings is 1. The molecule has 1 atom stereocenters. The van der Waals surface area contributed by atoms with Crippen molar-refractivity contribution in [1.29, 1.82) is 0 Å². The van der Waals surface area contributed by atoms with Crippen molar-refractivity contribution in [3.05, 3.63) is 40.5 Å². The van der Waals surface area contributed by atoms with E-state index in [9.17, 15) is 0 Å². The molecule has 3 rings (SSSR count). The van der Waals surface area contributed by atoms with Gasteiger partial charge in [0.15, 0.2) is 0 Å². The highest BCUT2D eigenvalue weighted by Gasteiger charge is 2.16. The molecule has 1 N–H and O–H groups in total. The van der Waals surface area contributed by atoms with E-state index in [1.807, 2.05) is 12.3 Å². The van der Waals surface area contributed by atoms with Crippen molar-refractivity contribution in [2.24, 2.45) is 0 Å². The predicted molar refractivity (Wildman–Crippen MR) is 74.2 cm³/mol. The summed E-state index contributed by atoms with van der Waals surface area (Å²) < 4.78 is 1.13. The van der Waals surface area contributed by atoms with Crippen molar-refractivity contribution < 1.29 is 0 Å². The first-order chi connectivity index (χ1) is 8.34. The standard InChI is InChI=1S/C14H15BrN2/c15-13-6-5-10(9-11-3-1-7-16-11)14-12(13)4-2-8-17-14/h2,4-6,8,11,16H,1,3,7,9H2. The van der Waals surface area contributed by atoms with Gasteiger partial charge in [0.05, 0.1) is 5.52 Å². The highest BCUT2D eigenvalue weighted by molar-refractivity contribution is 9.10. The second-order valence-corrected chi connectivity index (χ2v) is 5.46. The van der Waals surface area contributed by atoms with Gasteiger partial charge in [-0.15, -0.1) is 0 Å². The molecule has 0 bridgehead atoms. The molecular weight excluding hydrogens is 276 g/mol. The van der Waals surface area contributed by atoms with Crippen LogP contribution in [0.5, 0.6) is 0 Å². The second kappa shape index (κ2) is 4.75. The normalized spacial score (nSPS) is 19.9. The van der Waals surface area contributed by atoms with Gasteiger partial charge in [-0.3, -0.25) is 4.98 Å². The van der Waals surface area contributed by atoms with Gasteiger partial charge in [0, 0.05) is 22.1 Å². The van der Waals surface area contributed by atoms with Crippen molar-refractivity contribution >= 4 is 26.8 Å². The molecule has 0 aliphatic carbocycles. The summed E-state index contributed by atoms with van der Waals surface area (Å²) in [5.41, 5.74) is 2.48. The van der Waals surface area contributed by atoms with E-state index in [-0.39, 0.29) is 0 Å². The van der Waals surface area contributed by atoms with Gasteiger partial charge in [-0.05, 0) is 43.5 Å². The molecule has 0 amide bonds. The fraction of sp³-hybridized carbons (Fsp3) is 0.357. The lowest BCUT2D eigenvalue weighted by molar-refractivity contribution is 0.604. The third kappa shape index (κ3) is 2.22. The Hall–Kier alpha value is -0.930. The highest BCUT2D eigenvalue weighted by Crippen LogP contribution is 2.26. The Balaban J connectivity index is 2.01. The lowest BCUT2D eigenvalue weighted by Gasteiger charge is -2.12. The number of fused-ring (bicyclic) bond motifs is 1. The molecular formula is C14H15BrN2. The predicted octanol–water partition coefficient (Wildman–Crippen LogP) is 3.29. The fourth-order valence-electron chi connectivity index (χ4n) is 2.56. The topological polar surface area (TPSA) is 24.9 Å². The largest absolute Gasteiger partial charge is 0.314 e. The van der Waals surface area contributed by atoms with Gasteiger partial charge in [0.25, 0.3) is 0 Å². The molecule has 3 heteroatoms. The number of nitrogens with zero attached hydrogens (tertiary/aromatic N) is 1. The summed E-state index contributed by atoms with van der Waals surface area (Å²) in [6, 6.07) is 9.07. The maximum atomic E-state index is 4.53. The average molecular weight is 291 g/mol. The Bertz CT molecular complexity index is 533. The van der Waals surface area contributed by atoms with E-state index in [1.54, 1.807) is 0 Å². The molecule has 1 aromatic heterocycles. The van der Waals surface area contributed by atoms with Gasteiger partial charge in [-0.2, -0.15) is 0 Å². The lowest BCUT2D eigenvalue weighted by Crippen LogP contribution is -2.23. The molecule has 1 aromatic carbocycles. The molecule has 2 heterocycles. The van der Waals surface area contributed by atoms with Crippen molar-refractivity contribution in [1.82, 2.24) is 10.3 Å². The summed E-state index contributed by atoms with van der Waals surface area (Å²) in [6.45, 7) is 1.16. The average Bonchev–Trinajstić information content (AvgIpc) is 2.86. The van der Waals surface area contributed by atoms with Gasteiger partial charge in [0.1, 0.15) is 0 Å². The Morgan fingerprint density at radius 1 is 1.35 bits per heavy atom. The zero-order valence-corrected chi connectivity index (χ0v) is 11.2. The maximum Gasteiger partial charge on any atom is 0.0745 e. The third-order valence-electron chi connectivity index (χ3n) is 3.43. The summed E-state index contributed by atoms with van der Waals surface area (Å²) in [5.74, 6) is 0. The van der Waals surface area contributed by atoms with Crippen LogP contribution in [0.4, 0.5) is 0 Å². The van der Waals surface area contributed by atoms with Crippen LogP contribution in [-0.2, 0) is 6.42 Å². The smallest absolute Gasteiger partial charge is 0.0745 e. The van der Waals surface area contributed by atoms with Crippen LogP contribution in [0.25, 0.3) is 10.9 Å². The SMILES string of the molecule is Brc1ccc(CC2CCCN2)c2ncccc12.